The monoisotopic (exact) mass is 195 g/mol. The number of rotatable bonds is 2. The molecule has 3 N–H and O–H groups in total. The van der Waals surface area contributed by atoms with Gasteiger partial charge in [-0.25, -0.2) is 4.79 Å². The second-order valence-electron chi connectivity index (χ2n) is 3.68. The van der Waals surface area contributed by atoms with Gasteiger partial charge in [-0.15, -0.1) is 0 Å². The fourth-order valence-electron chi connectivity index (χ4n) is 1.91. The van der Waals surface area contributed by atoms with E-state index in [2.05, 4.69) is 4.98 Å². The Bertz CT molecular complexity index is 333. The van der Waals surface area contributed by atoms with Crippen molar-refractivity contribution < 1.29 is 15.0 Å². The Morgan fingerprint density at radius 2 is 2.14 bits per heavy atom. The molecule has 0 amide bonds. The average molecular weight is 195 g/mol. The van der Waals surface area contributed by atoms with Crippen LogP contribution in [0.25, 0.3) is 0 Å². The normalized spacial score (nSPS) is 17.5. The predicted octanol–water partition coefficient (Wildman–Crippen LogP) is 1.01. The quantitative estimate of drug-likeness (QED) is 0.659. The van der Waals surface area contributed by atoms with E-state index in [1.807, 2.05) is 0 Å². The lowest BCUT2D eigenvalue weighted by Crippen LogP contribution is -2.10. The molecule has 0 aliphatic heterocycles. The lowest BCUT2D eigenvalue weighted by atomic mass is 9.98. The van der Waals surface area contributed by atoms with Crippen LogP contribution in [0.3, 0.4) is 0 Å². The van der Waals surface area contributed by atoms with Crippen LogP contribution in [0, 0.1) is 0 Å². The Hall–Kier alpha value is -1.29. The number of aliphatic hydroxyl groups excluding tert-OH is 1. The number of carboxylic acid groups (broad SMARTS) is 1. The van der Waals surface area contributed by atoms with E-state index in [-0.39, 0.29) is 0 Å². The highest BCUT2D eigenvalue weighted by Crippen LogP contribution is 2.24. The molecule has 0 spiro atoms. The number of nitrogens with one attached hydrogen (secondary N) is 1. The van der Waals surface area contributed by atoms with Crippen molar-refractivity contribution in [2.24, 2.45) is 0 Å². The Morgan fingerprint density at radius 1 is 1.43 bits per heavy atom. The van der Waals surface area contributed by atoms with E-state index in [1.54, 1.807) is 6.07 Å². The molecule has 0 saturated carbocycles. The van der Waals surface area contributed by atoms with Gasteiger partial charge in [0.2, 0.25) is 0 Å². The summed E-state index contributed by atoms with van der Waals surface area (Å²) in [5.41, 5.74) is 2.66. The maximum atomic E-state index is 10.5. The summed E-state index contributed by atoms with van der Waals surface area (Å²) in [6.07, 6.45) is 2.81. The van der Waals surface area contributed by atoms with Crippen molar-refractivity contribution in [2.75, 3.05) is 0 Å². The summed E-state index contributed by atoms with van der Waals surface area (Å²) in [6.45, 7) is 0. The van der Waals surface area contributed by atoms with Gasteiger partial charge >= 0.3 is 5.97 Å². The Kier molecular flexibility index (Phi) is 2.29. The number of carbonyl (C=O) groups is 1. The van der Waals surface area contributed by atoms with Gasteiger partial charge in [-0.05, 0) is 37.3 Å². The summed E-state index contributed by atoms with van der Waals surface area (Å²) < 4.78 is 0. The third-order valence-corrected chi connectivity index (χ3v) is 2.66. The summed E-state index contributed by atoms with van der Waals surface area (Å²) >= 11 is 0. The molecule has 76 valence electrons. The molecule has 0 aromatic carbocycles. The van der Waals surface area contributed by atoms with Crippen LogP contribution in [0.1, 0.15) is 35.9 Å². The van der Waals surface area contributed by atoms with Gasteiger partial charge in [-0.2, -0.15) is 0 Å². The van der Waals surface area contributed by atoms with Crippen LogP contribution in [0.5, 0.6) is 0 Å². The predicted molar refractivity (Wildman–Crippen MR) is 50.0 cm³/mol. The standard InChI is InChI=1S/C10H13NO3/c12-9(10(13)14)8-5-6-3-1-2-4-7(6)11-8/h5,9,11-12H,1-4H2,(H,13,14). The van der Waals surface area contributed by atoms with Gasteiger partial charge in [0.25, 0.3) is 0 Å². The molecule has 14 heavy (non-hydrogen) atoms. The topological polar surface area (TPSA) is 73.3 Å². The highest BCUT2D eigenvalue weighted by molar-refractivity contribution is 5.73. The van der Waals surface area contributed by atoms with Crippen LogP contribution in [-0.2, 0) is 17.6 Å². The van der Waals surface area contributed by atoms with Crippen LogP contribution in [0.4, 0.5) is 0 Å². The zero-order chi connectivity index (χ0) is 10.1. The molecule has 4 nitrogen and oxygen atoms in total. The molecule has 2 rings (SSSR count). The summed E-state index contributed by atoms with van der Waals surface area (Å²) in [5.74, 6) is -1.21. The molecule has 1 unspecified atom stereocenters. The fraction of sp³-hybridized carbons (Fsp3) is 0.500. The Morgan fingerprint density at radius 3 is 2.79 bits per heavy atom. The minimum atomic E-state index is -1.42. The van der Waals surface area contributed by atoms with Gasteiger partial charge in [0.05, 0.1) is 5.69 Å². The van der Waals surface area contributed by atoms with E-state index < -0.39 is 12.1 Å². The van der Waals surface area contributed by atoms with E-state index in [0.717, 1.165) is 36.9 Å². The van der Waals surface area contributed by atoms with Crippen LogP contribution < -0.4 is 0 Å². The maximum absolute atomic E-state index is 10.5. The molecular weight excluding hydrogens is 182 g/mol. The van der Waals surface area contributed by atoms with Crippen molar-refractivity contribution in [1.29, 1.82) is 0 Å². The van der Waals surface area contributed by atoms with Crippen molar-refractivity contribution in [3.8, 4) is 0 Å². The molecule has 0 fully saturated rings. The molecule has 1 aromatic rings. The average Bonchev–Trinajstić information content (AvgIpc) is 2.59. The van der Waals surface area contributed by atoms with Gasteiger partial charge in [-0.3, -0.25) is 0 Å². The van der Waals surface area contributed by atoms with E-state index in [1.165, 1.54) is 0 Å². The zero-order valence-corrected chi connectivity index (χ0v) is 7.79. The molecule has 1 aliphatic rings. The van der Waals surface area contributed by atoms with Gasteiger partial charge in [-0.1, -0.05) is 0 Å². The first-order chi connectivity index (χ1) is 6.68. The second kappa shape index (κ2) is 3.46. The molecule has 1 aliphatic carbocycles. The molecular formula is C10H13NO3. The number of carboxylic acids is 1. The SMILES string of the molecule is O=C(O)C(O)c1cc2c([nH]1)CCCC2. The summed E-state index contributed by atoms with van der Waals surface area (Å²) in [6, 6.07) is 1.77. The minimum absolute atomic E-state index is 0.407. The summed E-state index contributed by atoms with van der Waals surface area (Å²) in [5, 5.41) is 17.9. The first kappa shape index (κ1) is 9.27. The number of aromatic amines is 1. The van der Waals surface area contributed by atoms with Crippen LogP contribution in [-0.4, -0.2) is 21.2 Å². The number of aliphatic hydroxyl groups is 1. The smallest absolute Gasteiger partial charge is 0.338 e. The van der Waals surface area contributed by atoms with E-state index in [0.29, 0.717) is 5.69 Å². The number of fused-ring (bicyclic) bond motifs is 1. The van der Waals surface area contributed by atoms with Crippen LogP contribution in [0.15, 0.2) is 6.07 Å². The highest BCUT2D eigenvalue weighted by atomic mass is 16.4. The lowest BCUT2D eigenvalue weighted by Gasteiger charge is -2.09. The molecule has 0 bridgehead atoms. The van der Waals surface area contributed by atoms with Crippen molar-refractivity contribution in [2.45, 2.75) is 31.8 Å². The lowest BCUT2D eigenvalue weighted by molar-refractivity contribution is -0.147. The van der Waals surface area contributed by atoms with Gasteiger partial charge in [0, 0.05) is 5.69 Å². The first-order valence-corrected chi connectivity index (χ1v) is 4.80. The van der Waals surface area contributed by atoms with Crippen molar-refractivity contribution >= 4 is 5.97 Å². The van der Waals surface area contributed by atoms with Crippen molar-refractivity contribution in [1.82, 2.24) is 4.98 Å². The molecule has 1 aromatic heterocycles. The van der Waals surface area contributed by atoms with E-state index in [9.17, 15) is 9.90 Å². The number of aryl methyl sites for hydroxylation is 2. The third-order valence-electron chi connectivity index (χ3n) is 2.66. The number of hydrogen-bond donors (Lipinski definition) is 3. The van der Waals surface area contributed by atoms with Gasteiger partial charge < -0.3 is 15.2 Å². The fourth-order valence-corrected chi connectivity index (χ4v) is 1.91. The first-order valence-electron chi connectivity index (χ1n) is 4.80. The van der Waals surface area contributed by atoms with E-state index >= 15 is 0 Å². The van der Waals surface area contributed by atoms with Gasteiger partial charge in [0.1, 0.15) is 0 Å². The summed E-state index contributed by atoms with van der Waals surface area (Å²) in [7, 11) is 0. The third kappa shape index (κ3) is 1.53. The highest BCUT2D eigenvalue weighted by Gasteiger charge is 2.21. The number of H-pyrrole nitrogens is 1. The molecule has 0 saturated heterocycles. The Balaban J connectivity index is 2.28. The maximum Gasteiger partial charge on any atom is 0.338 e. The summed E-state index contributed by atoms with van der Waals surface area (Å²) in [4.78, 5) is 13.5. The molecule has 1 atom stereocenters. The second-order valence-corrected chi connectivity index (χ2v) is 3.68. The van der Waals surface area contributed by atoms with Crippen LogP contribution >= 0.6 is 0 Å². The number of aromatic nitrogens is 1. The van der Waals surface area contributed by atoms with Crippen molar-refractivity contribution in [3.63, 3.8) is 0 Å². The molecule has 4 heteroatoms. The van der Waals surface area contributed by atoms with Crippen LogP contribution in [0.2, 0.25) is 0 Å². The van der Waals surface area contributed by atoms with Gasteiger partial charge in [0.15, 0.2) is 6.10 Å². The largest absolute Gasteiger partial charge is 0.479 e. The zero-order valence-electron chi connectivity index (χ0n) is 7.79. The molecule has 0 radical (unpaired) electrons. The molecule has 1 heterocycles. The minimum Gasteiger partial charge on any atom is -0.479 e. The van der Waals surface area contributed by atoms with E-state index in [4.69, 9.17) is 5.11 Å². The number of aliphatic carboxylic acids is 1. The number of hydrogen-bond acceptors (Lipinski definition) is 2. The Labute approximate surface area is 81.6 Å². The van der Waals surface area contributed by atoms with Crippen molar-refractivity contribution in [3.05, 3.63) is 23.0 Å².